The number of benzene rings is 1. The van der Waals surface area contributed by atoms with E-state index in [1.54, 1.807) is 0 Å². The van der Waals surface area contributed by atoms with E-state index in [0.29, 0.717) is 13.0 Å². The highest BCUT2D eigenvalue weighted by atomic mass is 16.5. The molecule has 0 atom stereocenters. The summed E-state index contributed by atoms with van der Waals surface area (Å²) in [6.45, 7) is 4.67. The molecule has 0 saturated heterocycles. The van der Waals surface area contributed by atoms with Crippen LogP contribution in [0.5, 0.6) is 5.75 Å². The number of hydrogen-bond acceptors (Lipinski definition) is 2. The fraction of sp³-hybridized carbons (Fsp3) is 0.417. The van der Waals surface area contributed by atoms with Crippen molar-refractivity contribution in [3.63, 3.8) is 0 Å². The van der Waals surface area contributed by atoms with Gasteiger partial charge in [-0.2, -0.15) is 0 Å². The molecule has 0 radical (unpaired) electrons. The summed E-state index contributed by atoms with van der Waals surface area (Å²) in [5.41, 5.74) is 2.33. The van der Waals surface area contributed by atoms with Crippen LogP contribution in [0.1, 0.15) is 24.5 Å². The lowest BCUT2D eigenvalue weighted by Crippen LogP contribution is -1.97. The van der Waals surface area contributed by atoms with Crippen LogP contribution in [-0.2, 0) is 11.2 Å². The SMILES string of the molecule is CCOc1ccc(C)cc1CCC=O. The molecule has 0 aliphatic rings. The van der Waals surface area contributed by atoms with Crippen LogP contribution in [0.15, 0.2) is 18.2 Å². The summed E-state index contributed by atoms with van der Waals surface area (Å²) in [7, 11) is 0. The first-order valence-electron chi connectivity index (χ1n) is 4.94. The summed E-state index contributed by atoms with van der Waals surface area (Å²) in [4.78, 5) is 10.3. The maximum atomic E-state index is 10.3. The molecule has 1 rings (SSSR count). The fourth-order valence-corrected chi connectivity index (χ4v) is 1.41. The van der Waals surface area contributed by atoms with Gasteiger partial charge in [0.25, 0.3) is 0 Å². The van der Waals surface area contributed by atoms with Crippen LogP contribution in [0, 0.1) is 6.92 Å². The Morgan fingerprint density at radius 3 is 2.86 bits per heavy atom. The maximum absolute atomic E-state index is 10.3. The number of rotatable bonds is 5. The van der Waals surface area contributed by atoms with E-state index in [-0.39, 0.29) is 0 Å². The first-order valence-corrected chi connectivity index (χ1v) is 4.94. The van der Waals surface area contributed by atoms with Crippen molar-refractivity contribution in [2.75, 3.05) is 6.61 Å². The van der Waals surface area contributed by atoms with Gasteiger partial charge >= 0.3 is 0 Å². The summed E-state index contributed by atoms with van der Waals surface area (Å²) >= 11 is 0. The second-order valence-corrected chi connectivity index (χ2v) is 3.25. The van der Waals surface area contributed by atoms with Gasteiger partial charge in [-0.15, -0.1) is 0 Å². The Morgan fingerprint density at radius 1 is 1.43 bits per heavy atom. The quantitative estimate of drug-likeness (QED) is 0.670. The Labute approximate surface area is 84.9 Å². The zero-order valence-corrected chi connectivity index (χ0v) is 8.75. The second-order valence-electron chi connectivity index (χ2n) is 3.25. The second kappa shape index (κ2) is 5.43. The number of carbonyl (C=O) groups excluding carboxylic acids is 1. The minimum Gasteiger partial charge on any atom is -0.494 e. The van der Waals surface area contributed by atoms with Crippen molar-refractivity contribution >= 4 is 6.29 Å². The molecule has 0 bridgehead atoms. The van der Waals surface area contributed by atoms with Crippen molar-refractivity contribution in [2.24, 2.45) is 0 Å². The summed E-state index contributed by atoms with van der Waals surface area (Å²) in [6, 6.07) is 6.07. The van der Waals surface area contributed by atoms with Gasteiger partial charge in [0.15, 0.2) is 0 Å². The van der Waals surface area contributed by atoms with E-state index in [0.717, 1.165) is 24.0 Å². The van der Waals surface area contributed by atoms with Crippen molar-refractivity contribution < 1.29 is 9.53 Å². The molecule has 1 aromatic rings. The monoisotopic (exact) mass is 192 g/mol. The van der Waals surface area contributed by atoms with Gasteiger partial charge in [-0.05, 0) is 31.9 Å². The molecular weight excluding hydrogens is 176 g/mol. The van der Waals surface area contributed by atoms with Crippen LogP contribution in [0.25, 0.3) is 0 Å². The smallest absolute Gasteiger partial charge is 0.122 e. The van der Waals surface area contributed by atoms with Crippen molar-refractivity contribution in [1.82, 2.24) is 0 Å². The summed E-state index contributed by atoms with van der Waals surface area (Å²) in [5, 5.41) is 0. The summed E-state index contributed by atoms with van der Waals surface area (Å²) in [5.74, 6) is 0.903. The van der Waals surface area contributed by atoms with E-state index in [1.807, 2.05) is 26.0 Å². The van der Waals surface area contributed by atoms with Crippen LogP contribution < -0.4 is 4.74 Å². The summed E-state index contributed by atoms with van der Waals surface area (Å²) in [6.07, 6.45) is 2.27. The van der Waals surface area contributed by atoms with Gasteiger partial charge in [-0.1, -0.05) is 17.7 Å². The average Bonchev–Trinajstić information content (AvgIpc) is 2.18. The molecule has 0 aromatic heterocycles. The molecule has 1 aromatic carbocycles. The van der Waals surface area contributed by atoms with E-state index < -0.39 is 0 Å². The van der Waals surface area contributed by atoms with Gasteiger partial charge < -0.3 is 9.53 Å². The molecule has 0 heterocycles. The molecule has 0 aliphatic heterocycles. The molecule has 0 unspecified atom stereocenters. The Kier molecular flexibility index (Phi) is 4.17. The van der Waals surface area contributed by atoms with E-state index in [9.17, 15) is 4.79 Å². The fourth-order valence-electron chi connectivity index (χ4n) is 1.41. The van der Waals surface area contributed by atoms with Gasteiger partial charge in [-0.3, -0.25) is 0 Å². The van der Waals surface area contributed by atoms with E-state index in [4.69, 9.17) is 4.74 Å². The minimum atomic E-state index is 0.559. The first kappa shape index (κ1) is 10.8. The topological polar surface area (TPSA) is 26.3 Å². The normalized spacial score (nSPS) is 9.86. The average molecular weight is 192 g/mol. The number of hydrogen-bond donors (Lipinski definition) is 0. The van der Waals surface area contributed by atoms with Crippen LogP contribution in [-0.4, -0.2) is 12.9 Å². The van der Waals surface area contributed by atoms with Crippen LogP contribution in [0.4, 0.5) is 0 Å². The van der Waals surface area contributed by atoms with Crippen molar-refractivity contribution in [2.45, 2.75) is 26.7 Å². The van der Waals surface area contributed by atoms with Crippen molar-refractivity contribution in [3.8, 4) is 5.75 Å². The first-order chi connectivity index (χ1) is 6.77. The Morgan fingerprint density at radius 2 is 2.21 bits per heavy atom. The lowest BCUT2D eigenvalue weighted by atomic mass is 10.1. The largest absolute Gasteiger partial charge is 0.494 e. The molecule has 0 fully saturated rings. The van der Waals surface area contributed by atoms with Gasteiger partial charge in [-0.25, -0.2) is 0 Å². The standard InChI is InChI=1S/C12H16O2/c1-3-14-12-7-6-10(2)9-11(12)5-4-8-13/h6-9H,3-5H2,1-2H3. The third-order valence-corrected chi connectivity index (χ3v) is 2.05. The minimum absolute atomic E-state index is 0.559. The van der Waals surface area contributed by atoms with E-state index >= 15 is 0 Å². The highest BCUT2D eigenvalue weighted by Crippen LogP contribution is 2.21. The zero-order chi connectivity index (χ0) is 10.4. The zero-order valence-electron chi connectivity index (χ0n) is 8.75. The molecule has 0 aliphatic carbocycles. The number of aryl methyl sites for hydroxylation is 2. The van der Waals surface area contributed by atoms with Crippen LogP contribution in [0.3, 0.4) is 0 Å². The van der Waals surface area contributed by atoms with Crippen LogP contribution in [0.2, 0.25) is 0 Å². The van der Waals surface area contributed by atoms with Gasteiger partial charge in [0.2, 0.25) is 0 Å². The third kappa shape index (κ3) is 2.87. The molecule has 2 nitrogen and oxygen atoms in total. The Bertz CT molecular complexity index is 305. The molecule has 2 heteroatoms. The highest BCUT2D eigenvalue weighted by molar-refractivity contribution is 5.51. The Hall–Kier alpha value is -1.31. The lowest BCUT2D eigenvalue weighted by Gasteiger charge is -2.09. The molecule has 14 heavy (non-hydrogen) atoms. The molecule has 0 saturated carbocycles. The molecule has 0 amide bonds. The maximum Gasteiger partial charge on any atom is 0.122 e. The number of ether oxygens (including phenoxy) is 1. The van der Waals surface area contributed by atoms with Crippen LogP contribution >= 0.6 is 0 Å². The predicted octanol–water partition coefficient (Wildman–Crippen LogP) is 2.53. The van der Waals surface area contributed by atoms with Crippen molar-refractivity contribution in [1.29, 1.82) is 0 Å². The predicted molar refractivity (Wildman–Crippen MR) is 56.7 cm³/mol. The van der Waals surface area contributed by atoms with E-state index in [2.05, 4.69) is 6.07 Å². The molecular formula is C12H16O2. The molecule has 0 spiro atoms. The number of carbonyl (C=O) groups is 1. The van der Waals surface area contributed by atoms with Crippen molar-refractivity contribution in [3.05, 3.63) is 29.3 Å². The molecule has 0 N–H and O–H groups in total. The Balaban J connectivity index is 2.84. The van der Waals surface area contributed by atoms with Gasteiger partial charge in [0.1, 0.15) is 12.0 Å². The van der Waals surface area contributed by atoms with E-state index in [1.165, 1.54) is 5.56 Å². The van der Waals surface area contributed by atoms with Gasteiger partial charge in [0, 0.05) is 6.42 Å². The third-order valence-electron chi connectivity index (χ3n) is 2.05. The van der Waals surface area contributed by atoms with Gasteiger partial charge in [0.05, 0.1) is 6.61 Å². The highest BCUT2D eigenvalue weighted by Gasteiger charge is 2.02. The molecule has 76 valence electrons. The lowest BCUT2D eigenvalue weighted by molar-refractivity contribution is -0.107. The summed E-state index contributed by atoms with van der Waals surface area (Å²) < 4.78 is 5.47. The number of aldehydes is 1.